The Balaban J connectivity index is 2.79. The summed E-state index contributed by atoms with van der Waals surface area (Å²) in [5, 5.41) is 3.42. The van der Waals surface area contributed by atoms with Gasteiger partial charge in [0.1, 0.15) is 0 Å². The molecule has 1 aromatic carbocycles. The molecule has 0 radical (unpaired) electrons. The third kappa shape index (κ3) is 3.96. The molecule has 0 heterocycles. The average Bonchev–Trinajstić information content (AvgIpc) is 2.28. The van der Waals surface area contributed by atoms with Crippen LogP contribution in [0.2, 0.25) is 5.02 Å². The van der Waals surface area contributed by atoms with Gasteiger partial charge in [-0.1, -0.05) is 17.7 Å². The van der Waals surface area contributed by atoms with Crippen LogP contribution in [0.15, 0.2) is 23.1 Å². The summed E-state index contributed by atoms with van der Waals surface area (Å²) in [4.78, 5) is 0.245. The monoisotopic (exact) mass is 276 g/mol. The van der Waals surface area contributed by atoms with Crippen LogP contribution in [0.5, 0.6) is 0 Å². The highest BCUT2D eigenvalue weighted by atomic mass is 35.5. The van der Waals surface area contributed by atoms with Crippen molar-refractivity contribution in [2.75, 3.05) is 20.1 Å². The van der Waals surface area contributed by atoms with Gasteiger partial charge in [-0.3, -0.25) is 0 Å². The van der Waals surface area contributed by atoms with Crippen molar-refractivity contribution in [2.24, 2.45) is 0 Å². The molecule has 0 unspecified atom stereocenters. The van der Waals surface area contributed by atoms with Crippen molar-refractivity contribution in [3.63, 3.8) is 0 Å². The van der Waals surface area contributed by atoms with Crippen LogP contribution >= 0.6 is 11.6 Å². The van der Waals surface area contributed by atoms with Gasteiger partial charge >= 0.3 is 0 Å². The number of rotatable bonds is 6. The molecule has 0 saturated heterocycles. The van der Waals surface area contributed by atoms with Gasteiger partial charge in [-0.2, -0.15) is 0 Å². The molecular weight excluding hydrogens is 260 g/mol. The van der Waals surface area contributed by atoms with Crippen LogP contribution in [0, 0.1) is 6.92 Å². The molecule has 0 aromatic heterocycles. The van der Waals surface area contributed by atoms with Crippen LogP contribution in [0.1, 0.15) is 12.0 Å². The van der Waals surface area contributed by atoms with E-state index >= 15 is 0 Å². The van der Waals surface area contributed by atoms with Crippen molar-refractivity contribution in [3.8, 4) is 0 Å². The number of benzene rings is 1. The molecule has 0 fully saturated rings. The number of sulfonamides is 1. The van der Waals surface area contributed by atoms with Crippen molar-refractivity contribution in [1.29, 1.82) is 0 Å². The van der Waals surface area contributed by atoms with Crippen LogP contribution in [0.3, 0.4) is 0 Å². The first-order valence-corrected chi connectivity index (χ1v) is 7.24. The smallest absolute Gasteiger partial charge is 0.240 e. The summed E-state index contributed by atoms with van der Waals surface area (Å²) in [6.07, 6.45) is 0.745. The molecule has 6 heteroatoms. The van der Waals surface area contributed by atoms with E-state index in [2.05, 4.69) is 10.0 Å². The summed E-state index contributed by atoms with van der Waals surface area (Å²) >= 11 is 5.90. The van der Waals surface area contributed by atoms with E-state index in [1.807, 2.05) is 7.05 Å². The molecule has 0 aliphatic rings. The van der Waals surface area contributed by atoms with Crippen molar-refractivity contribution in [2.45, 2.75) is 18.2 Å². The minimum absolute atomic E-state index is 0.245. The van der Waals surface area contributed by atoms with Gasteiger partial charge in [0, 0.05) is 11.6 Å². The largest absolute Gasteiger partial charge is 0.320 e. The Bertz CT molecular complexity index is 474. The zero-order chi connectivity index (χ0) is 12.9. The fourth-order valence-corrected chi connectivity index (χ4v) is 3.00. The molecule has 4 nitrogen and oxygen atoms in total. The van der Waals surface area contributed by atoms with Gasteiger partial charge in [-0.15, -0.1) is 0 Å². The van der Waals surface area contributed by atoms with Gasteiger partial charge in [0.05, 0.1) is 4.90 Å². The Morgan fingerprint density at radius 3 is 2.65 bits per heavy atom. The van der Waals surface area contributed by atoms with E-state index < -0.39 is 10.0 Å². The van der Waals surface area contributed by atoms with E-state index in [1.54, 1.807) is 25.1 Å². The summed E-state index contributed by atoms with van der Waals surface area (Å²) in [6.45, 7) is 2.89. The predicted molar refractivity (Wildman–Crippen MR) is 69.9 cm³/mol. The standard InChI is InChI=1S/C11H17ClN2O2S/c1-9-10(12)5-3-6-11(9)17(15,16)14-8-4-7-13-2/h3,5-6,13-14H,4,7-8H2,1-2H3. The average molecular weight is 277 g/mol. The van der Waals surface area contributed by atoms with Crippen molar-refractivity contribution < 1.29 is 8.42 Å². The van der Waals surface area contributed by atoms with E-state index in [1.165, 1.54) is 0 Å². The summed E-state index contributed by atoms with van der Waals surface area (Å²) in [6, 6.07) is 4.87. The molecule has 1 rings (SSSR count). The molecule has 0 saturated carbocycles. The van der Waals surface area contributed by atoms with Crippen molar-refractivity contribution in [1.82, 2.24) is 10.0 Å². The summed E-state index contributed by atoms with van der Waals surface area (Å²) < 4.78 is 26.5. The number of nitrogens with one attached hydrogen (secondary N) is 2. The highest BCUT2D eigenvalue weighted by Crippen LogP contribution is 2.22. The fraction of sp³-hybridized carbons (Fsp3) is 0.455. The second-order valence-electron chi connectivity index (χ2n) is 3.72. The zero-order valence-corrected chi connectivity index (χ0v) is 11.5. The van der Waals surface area contributed by atoms with Crippen molar-refractivity contribution >= 4 is 21.6 Å². The lowest BCUT2D eigenvalue weighted by molar-refractivity contribution is 0.576. The normalized spacial score (nSPS) is 11.7. The van der Waals surface area contributed by atoms with E-state index in [0.717, 1.165) is 13.0 Å². The molecule has 0 bridgehead atoms. The van der Waals surface area contributed by atoms with E-state index in [4.69, 9.17) is 11.6 Å². The third-order valence-corrected chi connectivity index (χ3v) is 4.42. The highest BCUT2D eigenvalue weighted by molar-refractivity contribution is 7.89. The Morgan fingerprint density at radius 2 is 2.00 bits per heavy atom. The number of hydrogen-bond acceptors (Lipinski definition) is 3. The van der Waals surface area contributed by atoms with E-state index in [-0.39, 0.29) is 4.90 Å². The van der Waals surface area contributed by atoms with Crippen LogP contribution in [-0.2, 0) is 10.0 Å². The first-order chi connectivity index (χ1) is 7.99. The molecule has 0 spiro atoms. The third-order valence-electron chi connectivity index (χ3n) is 2.40. The number of halogens is 1. The maximum Gasteiger partial charge on any atom is 0.240 e. The second-order valence-corrected chi connectivity index (χ2v) is 5.86. The first kappa shape index (κ1) is 14.4. The minimum Gasteiger partial charge on any atom is -0.320 e. The van der Waals surface area contributed by atoms with Crippen LogP contribution in [0.25, 0.3) is 0 Å². The van der Waals surface area contributed by atoms with Gasteiger partial charge < -0.3 is 5.32 Å². The van der Waals surface area contributed by atoms with E-state index in [9.17, 15) is 8.42 Å². The molecule has 0 aliphatic carbocycles. The Kier molecular flexibility index (Phi) is 5.39. The topological polar surface area (TPSA) is 58.2 Å². The molecule has 17 heavy (non-hydrogen) atoms. The molecule has 0 amide bonds. The second kappa shape index (κ2) is 6.35. The van der Waals surface area contributed by atoms with Crippen LogP contribution < -0.4 is 10.0 Å². The lowest BCUT2D eigenvalue weighted by Gasteiger charge is -2.10. The Morgan fingerprint density at radius 1 is 1.29 bits per heavy atom. The Hall–Kier alpha value is -0.620. The lowest BCUT2D eigenvalue weighted by Crippen LogP contribution is -2.27. The SMILES string of the molecule is CNCCCNS(=O)(=O)c1cccc(Cl)c1C. The van der Waals surface area contributed by atoms with Gasteiger partial charge in [0.25, 0.3) is 0 Å². The number of hydrogen-bond donors (Lipinski definition) is 2. The summed E-state index contributed by atoms with van der Waals surface area (Å²) in [5.74, 6) is 0. The van der Waals surface area contributed by atoms with Gasteiger partial charge in [0.15, 0.2) is 0 Å². The maximum atomic E-state index is 12.0. The highest BCUT2D eigenvalue weighted by Gasteiger charge is 2.16. The first-order valence-electron chi connectivity index (χ1n) is 5.38. The maximum absolute atomic E-state index is 12.0. The van der Waals surface area contributed by atoms with Gasteiger partial charge in [-0.25, -0.2) is 13.1 Å². The molecule has 0 atom stereocenters. The quantitative estimate of drug-likeness (QED) is 0.775. The minimum atomic E-state index is -3.46. The van der Waals surface area contributed by atoms with Crippen molar-refractivity contribution in [3.05, 3.63) is 28.8 Å². The predicted octanol–water partition coefficient (Wildman–Crippen LogP) is 1.54. The summed E-state index contributed by atoms with van der Waals surface area (Å²) in [5.41, 5.74) is 0.579. The molecular formula is C11H17ClN2O2S. The molecule has 0 aliphatic heterocycles. The molecule has 96 valence electrons. The fourth-order valence-electron chi connectivity index (χ4n) is 1.43. The summed E-state index contributed by atoms with van der Waals surface area (Å²) in [7, 11) is -1.63. The lowest BCUT2D eigenvalue weighted by atomic mass is 10.2. The van der Waals surface area contributed by atoms with Gasteiger partial charge in [0.2, 0.25) is 10.0 Å². The van der Waals surface area contributed by atoms with Gasteiger partial charge in [-0.05, 0) is 44.6 Å². The van der Waals surface area contributed by atoms with Crippen LogP contribution in [0.4, 0.5) is 0 Å². The zero-order valence-electron chi connectivity index (χ0n) is 9.96. The van der Waals surface area contributed by atoms with Crippen LogP contribution in [-0.4, -0.2) is 28.6 Å². The molecule has 1 aromatic rings. The van der Waals surface area contributed by atoms with E-state index in [0.29, 0.717) is 17.1 Å². The molecule has 2 N–H and O–H groups in total. The Labute approximate surface area is 107 Å².